The smallest absolute Gasteiger partial charge is 0.0736 e. The highest BCUT2D eigenvalue weighted by Crippen LogP contribution is 2.31. The molecule has 0 aliphatic heterocycles. The Hall–Kier alpha value is -1.31. The summed E-state index contributed by atoms with van der Waals surface area (Å²) in [7, 11) is 0. The van der Waals surface area contributed by atoms with Gasteiger partial charge in [-0.05, 0) is 31.0 Å². The lowest BCUT2D eigenvalue weighted by atomic mass is 10.1. The van der Waals surface area contributed by atoms with Crippen LogP contribution in [-0.4, -0.2) is 6.21 Å². The van der Waals surface area contributed by atoms with Crippen LogP contribution in [0.25, 0.3) is 0 Å². The largest absolute Gasteiger partial charge is 0.285 e. The molecule has 98 valence electrons. The fourth-order valence-electron chi connectivity index (χ4n) is 1.87. The first-order chi connectivity index (χ1) is 9.08. The van der Waals surface area contributed by atoms with E-state index in [0.717, 1.165) is 11.1 Å². The molecular formula is C16H15Cl2N. The molecular weight excluding hydrogens is 277 g/mol. The summed E-state index contributed by atoms with van der Waals surface area (Å²) >= 11 is 12.2. The topological polar surface area (TPSA) is 12.4 Å². The first-order valence-corrected chi connectivity index (χ1v) is 6.87. The van der Waals surface area contributed by atoms with E-state index in [2.05, 4.69) is 24.0 Å². The van der Waals surface area contributed by atoms with E-state index in [1.54, 1.807) is 6.07 Å². The highest BCUT2D eigenvalue weighted by atomic mass is 35.5. The molecule has 3 heteroatoms. The van der Waals surface area contributed by atoms with Crippen molar-refractivity contribution in [3.05, 3.63) is 69.2 Å². The summed E-state index contributed by atoms with van der Waals surface area (Å²) in [6.45, 7) is 4.07. The number of benzene rings is 2. The van der Waals surface area contributed by atoms with E-state index in [1.807, 2.05) is 37.4 Å². The summed E-state index contributed by atoms with van der Waals surface area (Å²) in [6.07, 6.45) is 1.87. The third-order valence-corrected chi connectivity index (χ3v) is 3.75. The maximum atomic E-state index is 6.19. The Morgan fingerprint density at radius 3 is 2.58 bits per heavy atom. The molecule has 0 radical (unpaired) electrons. The molecule has 0 fully saturated rings. The van der Waals surface area contributed by atoms with E-state index < -0.39 is 0 Å². The SMILES string of the molecule is Cc1cccc(C=NC(C)c2cccc(Cl)c2Cl)c1. The number of aryl methyl sites for hydroxylation is 1. The van der Waals surface area contributed by atoms with Crippen LogP contribution in [0.3, 0.4) is 0 Å². The number of hydrogen-bond acceptors (Lipinski definition) is 1. The van der Waals surface area contributed by atoms with Gasteiger partial charge in [-0.2, -0.15) is 0 Å². The van der Waals surface area contributed by atoms with Gasteiger partial charge in [0.05, 0.1) is 16.1 Å². The molecule has 0 amide bonds. The normalized spacial score (nSPS) is 12.8. The number of aliphatic imine (C=N–C) groups is 1. The Morgan fingerprint density at radius 1 is 1.11 bits per heavy atom. The summed E-state index contributed by atoms with van der Waals surface area (Å²) in [5.74, 6) is 0. The molecule has 2 aromatic carbocycles. The maximum absolute atomic E-state index is 6.19. The Balaban J connectivity index is 2.21. The second-order valence-electron chi connectivity index (χ2n) is 4.51. The number of nitrogens with zero attached hydrogens (tertiary/aromatic N) is 1. The Kier molecular flexibility index (Phi) is 4.62. The molecule has 2 rings (SSSR count). The average Bonchev–Trinajstić information content (AvgIpc) is 2.39. The van der Waals surface area contributed by atoms with Crippen molar-refractivity contribution in [2.24, 2.45) is 4.99 Å². The fraction of sp³-hybridized carbons (Fsp3) is 0.188. The first kappa shape index (κ1) is 14.1. The van der Waals surface area contributed by atoms with Crippen LogP contribution < -0.4 is 0 Å². The van der Waals surface area contributed by atoms with E-state index in [9.17, 15) is 0 Å². The summed E-state index contributed by atoms with van der Waals surface area (Å²) < 4.78 is 0. The standard InChI is InChI=1S/C16H15Cl2N/c1-11-5-3-6-13(9-11)10-19-12(2)14-7-4-8-15(17)16(14)18/h3-10,12H,1-2H3. The zero-order chi connectivity index (χ0) is 13.8. The van der Waals surface area contributed by atoms with E-state index >= 15 is 0 Å². The minimum Gasteiger partial charge on any atom is -0.285 e. The molecule has 19 heavy (non-hydrogen) atoms. The Labute approximate surface area is 123 Å². The zero-order valence-electron chi connectivity index (χ0n) is 10.9. The van der Waals surface area contributed by atoms with Crippen LogP contribution in [0.5, 0.6) is 0 Å². The molecule has 0 aliphatic rings. The molecule has 1 unspecified atom stereocenters. The van der Waals surface area contributed by atoms with Crippen molar-refractivity contribution in [1.82, 2.24) is 0 Å². The van der Waals surface area contributed by atoms with E-state index in [0.29, 0.717) is 10.0 Å². The van der Waals surface area contributed by atoms with Crippen molar-refractivity contribution < 1.29 is 0 Å². The molecule has 0 spiro atoms. The molecule has 2 aromatic rings. The molecule has 0 aliphatic carbocycles. The number of halogens is 2. The number of rotatable bonds is 3. The number of hydrogen-bond donors (Lipinski definition) is 0. The van der Waals surface area contributed by atoms with Crippen LogP contribution in [0.1, 0.15) is 29.7 Å². The second kappa shape index (κ2) is 6.23. The molecule has 0 bridgehead atoms. The lowest BCUT2D eigenvalue weighted by molar-refractivity contribution is 0.825. The monoisotopic (exact) mass is 291 g/mol. The molecule has 0 saturated carbocycles. The summed E-state index contributed by atoms with van der Waals surface area (Å²) in [6, 6.07) is 13.8. The van der Waals surface area contributed by atoms with E-state index in [4.69, 9.17) is 23.2 Å². The lowest BCUT2D eigenvalue weighted by Crippen LogP contribution is -1.93. The van der Waals surface area contributed by atoms with Crippen LogP contribution in [0.4, 0.5) is 0 Å². The third kappa shape index (κ3) is 3.59. The van der Waals surface area contributed by atoms with Gasteiger partial charge in [0.15, 0.2) is 0 Å². The summed E-state index contributed by atoms with van der Waals surface area (Å²) in [4.78, 5) is 4.54. The van der Waals surface area contributed by atoms with Crippen molar-refractivity contribution in [2.75, 3.05) is 0 Å². The molecule has 0 N–H and O–H groups in total. The minimum atomic E-state index is -0.0216. The van der Waals surface area contributed by atoms with E-state index in [-0.39, 0.29) is 6.04 Å². The van der Waals surface area contributed by atoms with Crippen molar-refractivity contribution in [3.63, 3.8) is 0 Å². The van der Waals surface area contributed by atoms with Gasteiger partial charge < -0.3 is 0 Å². The average molecular weight is 292 g/mol. The van der Waals surface area contributed by atoms with Gasteiger partial charge in [-0.1, -0.05) is 65.2 Å². The fourth-order valence-corrected chi connectivity index (χ4v) is 2.34. The first-order valence-electron chi connectivity index (χ1n) is 6.11. The highest BCUT2D eigenvalue weighted by Gasteiger charge is 2.09. The van der Waals surface area contributed by atoms with Crippen molar-refractivity contribution in [1.29, 1.82) is 0 Å². The van der Waals surface area contributed by atoms with Crippen molar-refractivity contribution in [3.8, 4) is 0 Å². The summed E-state index contributed by atoms with van der Waals surface area (Å²) in [5, 5.41) is 1.15. The lowest BCUT2D eigenvalue weighted by Gasteiger charge is -2.09. The van der Waals surface area contributed by atoms with E-state index in [1.165, 1.54) is 5.56 Å². The van der Waals surface area contributed by atoms with Gasteiger partial charge in [-0.3, -0.25) is 4.99 Å². The highest BCUT2D eigenvalue weighted by molar-refractivity contribution is 6.42. The van der Waals surface area contributed by atoms with Crippen LogP contribution in [0.2, 0.25) is 10.0 Å². The quantitative estimate of drug-likeness (QED) is 0.664. The zero-order valence-corrected chi connectivity index (χ0v) is 12.4. The molecule has 0 aromatic heterocycles. The maximum Gasteiger partial charge on any atom is 0.0736 e. The Bertz CT molecular complexity index is 605. The van der Waals surface area contributed by atoms with Gasteiger partial charge in [-0.25, -0.2) is 0 Å². The molecule has 0 heterocycles. The Morgan fingerprint density at radius 2 is 1.84 bits per heavy atom. The molecule has 0 saturated heterocycles. The van der Waals surface area contributed by atoms with Crippen LogP contribution >= 0.6 is 23.2 Å². The second-order valence-corrected chi connectivity index (χ2v) is 5.30. The van der Waals surface area contributed by atoms with Gasteiger partial charge >= 0.3 is 0 Å². The van der Waals surface area contributed by atoms with Gasteiger partial charge in [0.25, 0.3) is 0 Å². The predicted molar refractivity (Wildman–Crippen MR) is 83.7 cm³/mol. The van der Waals surface area contributed by atoms with Crippen LogP contribution in [-0.2, 0) is 0 Å². The van der Waals surface area contributed by atoms with Gasteiger partial charge in [0.1, 0.15) is 0 Å². The molecule has 1 atom stereocenters. The van der Waals surface area contributed by atoms with Crippen LogP contribution in [0, 0.1) is 6.92 Å². The predicted octanol–water partition coefficient (Wildman–Crippen LogP) is 5.48. The third-order valence-electron chi connectivity index (χ3n) is 2.92. The molecule has 1 nitrogen and oxygen atoms in total. The van der Waals surface area contributed by atoms with Crippen LogP contribution in [0.15, 0.2) is 47.5 Å². The van der Waals surface area contributed by atoms with Crippen molar-refractivity contribution >= 4 is 29.4 Å². The van der Waals surface area contributed by atoms with Crippen molar-refractivity contribution in [2.45, 2.75) is 19.9 Å². The minimum absolute atomic E-state index is 0.0216. The van der Waals surface area contributed by atoms with Gasteiger partial charge in [-0.15, -0.1) is 0 Å². The van der Waals surface area contributed by atoms with Gasteiger partial charge in [0.2, 0.25) is 0 Å². The van der Waals surface area contributed by atoms with Gasteiger partial charge in [0, 0.05) is 6.21 Å². The summed E-state index contributed by atoms with van der Waals surface area (Å²) in [5.41, 5.74) is 3.25.